The fourth-order valence-corrected chi connectivity index (χ4v) is 4.44. The first-order valence-electron chi connectivity index (χ1n) is 12.0. The highest BCUT2D eigenvalue weighted by atomic mass is 14.9. The average molecular weight is 444 g/mol. The van der Waals surface area contributed by atoms with Crippen LogP contribution < -0.4 is 5.32 Å². The lowest BCUT2D eigenvalue weighted by Gasteiger charge is -2.27. The maximum atomic E-state index is 4.61. The number of nitrogens with one attached hydrogen (secondary N) is 1. The normalized spacial score (nSPS) is 14.4. The first-order valence-corrected chi connectivity index (χ1v) is 12.0. The van der Waals surface area contributed by atoms with E-state index < -0.39 is 0 Å². The molecular weight excluding hydrogens is 414 g/mol. The molecule has 5 aromatic rings. The van der Waals surface area contributed by atoms with E-state index in [2.05, 4.69) is 82.0 Å². The molecule has 6 rings (SSSR count). The van der Waals surface area contributed by atoms with Gasteiger partial charge in [-0.2, -0.15) is 0 Å². The summed E-state index contributed by atoms with van der Waals surface area (Å²) in [6.07, 6.45) is 6.23. The first kappa shape index (κ1) is 21.8. The van der Waals surface area contributed by atoms with Gasteiger partial charge in [-0.15, -0.1) is 0 Å². The topological polar surface area (TPSA) is 37.8 Å². The van der Waals surface area contributed by atoms with Gasteiger partial charge in [0, 0.05) is 24.3 Å². The monoisotopic (exact) mass is 443 g/mol. The fourth-order valence-electron chi connectivity index (χ4n) is 4.44. The molecule has 2 heterocycles. The molecule has 34 heavy (non-hydrogen) atoms. The van der Waals surface area contributed by atoms with Gasteiger partial charge in [0.25, 0.3) is 0 Å². The van der Waals surface area contributed by atoms with Gasteiger partial charge in [0.1, 0.15) is 0 Å². The van der Waals surface area contributed by atoms with Crippen molar-refractivity contribution in [2.75, 3.05) is 5.32 Å². The summed E-state index contributed by atoms with van der Waals surface area (Å²) in [4.78, 5) is 9.02. The van der Waals surface area contributed by atoms with Crippen molar-refractivity contribution in [1.82, 2.24) is 9.97 Å². The highest BCUT2D eigenvalue weighted by molar-refractivity contribution is 5.73. The maximum Gasteiger partial charge on any atom is 0.0890 e. The van der Waals surface area contributed by atoms with E-state index in [9.17, 15) is 0 Å². The molecule has 0 spiro atoms. The molecule has 0 radical (unpaired) electrons. The number of anilines is 1. The third-order valence-corrected chi connectivity index (χ3v) is 6.19. The summed E-state index contributed by atoms with van der Waals surface area (Å²) in [6.45, 7) is 0. The largest absolute Gasteiger partial charge is 0.382 e. The molecule has 168 valence electrons. The van der Waals surface area contributed by atoms with Crippen LogP contribution in [0.4, 0.5) is 5.69 Å². The number of hydrogen-bond acceptors (Lipinski definition) is 3. The van der Waals surface area contributed by atoms with Gasteiger partial charge in [-0.3, -0.25) is 4.98 Å². The molecule has 3 heteroatoms. The second-order valence-electron chi connectivity index (χ2n) is 8.74. The lowest BCUT2D eigenvalue weighted by Crippen LogP contribution is -2.27. The van der Waals surface area contributed by atoms with E-state index in [-0.39, 0.29) is 0 Å². The van der Waals surface area contributed by atoms with E-state index >= 15 is 0 Å². The fraction of sp³-hybridized carbons (Fsp3) is 0.161. The van der Waals surface area contributed by atoms with Gasteiger partial charge in [-0.1, -0.05) is 91.0 Å². The number of nitrogens with zero attached hydrogens (tertiary/aromatic N) is 2. The van der Waals surface area contributed by atoms with Gasteiger partial charge in [0.15, 0.2) is 0 Å². The Kier molecular flexibility index (Phi) is 6.91. The molecule has 0 amide bonds. The minimum absolute atomic E-state index is 0.576. The Morgan fingerprint density at radius 1 is 0.676 bits per heavy atom. The molecule has 1 aliphatic rings. The van der Waals surface area contributed by atoms with Gasteiger partial charge in [0.2, 0.25) is 0 Å². The van der Waals surface area contributed by atoms with Crippen LogP contribution in [0.3, 0.4) is 0 Å². The molecular formula is C31H29N3. The van der Waals surface area contributed by atoms with Crippen LogP contribution in [-0.2, 0) is 19.3 Å². The van der Waals surface area contributed by atoms with Crippen LogP contribution in [0.2, 0.25) is 0 Å². The molecule has 1 atom stereocenters. The van der Waals surface area contributed by atoms with Crippen LogP contribution in [0.5, 0.6) is 0 Å². The van der Waals surface area contributed by atoms with E-state index in [1.165, 1.54) is 35.2 Å². The minimum atomic E-state index is 0.576. The zero-order valence-corrected chi connectivity index (χ0v) is 19.3. The van der Waals surface area contributed by atoms with Crippen molar-refractivity contribution in [3.8, 4) is 0 Å². The van der Waals surface area contributed by atoms with Gasteiger partial charge in [0.05, 0.1) is 16.7 Å². The van der Waals surface area contributed by atoms with Crippen LogP contribution in [0.1, 0.15) is 28.8 Å². The predicted molar refractivity (Wildman–Crippen MR) is 141 cm³/mol. The third kappa shape index (κ3) is 5.68. The Balaban J connectivity index is 0.000000142. The molecule has 0 bridgehead atoms. The standard InChI is InChI=1S/C16H17N.C15H12N2/c1-2-6-13(7-3-1)12-15-11-10-14-8-4-5-9-16(14)17-15;1-2-6-12(7-3-1)10-13-11-16-14-8-4-5-9-15(14)17-13/h1-9,15,17H,10-12H2;1-9,11H,10H2/t15-;/m1./s1. The number of para-hydroxylation sites is 3. The van der Waals surface area contributed by atoms with Crippen LogP contribution in [0.25, 0.3) is 11.0 Å². The number of fused-ring (bicyclic) bond motifs is 2. The molecule has 0 aliphatic carbocycles. The number of aryl methyl sites for hydroxylation is 1. The molecule has 0 saturated carbocycles. The van der Waals surface area contributed by atoms with E-state index in [4.69, 9.17) is 0 Å². The van der Waals surface area contributed by atoms with E-state index in [0.717, 1.165) is 29.6 Å². The Morgan fingerprint density at radius 3 is 2.12 bits per heavy atom. The molecule has 0 fully saturated rings. The Bertz CT molecular complexity index is 1330. The summed E-state index contributed by atoms with van der Waals surface area (Å²) >= 11 is 0. The quantitative estimate of drug-likeness (QED) is 0.329. The van der Waals surface area contributed by atoms with Crippen LogP contribution in [0.15, 0.2) is 115 Å². The van der Waals surface area contributed by atoms with Crippen molar-refractivity contribution in [2.24, 2.45) is 0 Å². The number of rotatable bonds is 4. The third-order valence-electron chi connectivity index (χ3n) is 6.19. The predicted octanol–water partition coefficient (Wildman–Crippen LogP) is 6.88. The van der Waals surface area contributed by atoms with Crippen LogP contribution in [-0.4, -0.2) is 16.0 Å². The van der Waals surface area contributed by atoms with E-state index in [1.807, 2.05) is 48.7 Å². The lowest BCUT2D eigenvalue weighted by molar-refractivity contribution is 0.628. The molecule has 4 aromatic carbocycles. The van der Waals surface area contributed by atoms with E-state index in [1.54, 1.807) is 0 Å². The van der Waals surface area contributed by atoms with Crippen molar-refractivity contribution in [1.29, 1.82) is 0 Å². The SMILES string of the molecule is c1ccc(C[C@H]2CCc3ccccc3N2)cc1.c1ccc(Cc2cnc3ccccc3n2)cc1. The summed E-state index contributed by atoms with van der Waals surface area (Å²) in [5.41, 5.74) is 8.37. The summed E-state index contributed by atoms with van der Waals surface area (Å²) in [6, 6.07) is 38.2. The molecule has 3 nitrogen and oxygen atoms in total. The van der Waals surface area contributed by atoms with E-state index in [0.29, 0.717) is 6.04 Å². The smallest absolute Gasteiger partial charge is 0.0890 e. The molecule has 0 unspecified atom stereocenters. The number of benzene rings is 4. The Labute approximate surface area is 201 Å². The average Bonchev–Trinajstić information content (AvgIpc) is 2.90. The van der Waals surface area contributed by atoms with Gasteiger partial charge >= 0.3 is 0 Å². The van der Waals surface area contributed by atoms with Crippen molar-refractivity contribution in [3.05, 3.63) is 138 Å². The number of aromatic nitrogens is 2. The van der Waals surface area contributed by atoms with Gasteiger partial charge in [-0.05, 0) is 54.2 Å². The zero-order chi connectivity index (χ0) is 23.0. The van der Waals surface area contributed by atoms with Crippen molar-refractivity contribution in [3.63, 3.8) is 0 Å². The molecule has 1 aliphatic heterocycles. The van der Waals surface area contributed by atoms with Gasteiger partial charge in [-0.25, -0.2) is 4.98 Å². The zero-order valence-electron chi connectivity index (χ0n) is 19.3. The molecule has 0 saturated heterocycles. The molecule has 1 N–H and O–H groups in total. The highest BCUT2D eigenvalue weighted by Gasteiger charge is 2.17. The highest BCUT2D eigenvalue weighted by Crippen LogP contribution is 2.25. The summed E-state index contributed by atoms with van der Waals surface area (Å²) in [5.74, 6) is 0. The maximum absolute atomic E-state index is 4.61. The lowest BCUT2D eigenvalue weighted by atomic mass is 9.94. The van der Waals surface area contributed by atoms with Crippen LogP contribution in [0, 0.1) is 0 Å². The molecule has 1 aromatic heterocycles. The summed E-state index contributed by atoms with van der Waals surface area (Å²) in [5, 5.41) is 3.65. The van der Waals surface area contributed by atoms with Crippen molar-refractivity contribution in [2.45, 2.75) is 31.7 Å². The van der Waals surface area contributed by atoms with Crippen molar-refractivity contribution < 1.29 is 0 Å². The summed E-state index contributed by atoms with van der Waals surface area (Å²) in [7, 11) is 0. The van der Waals surface area contributed by atoms with Crippen molar-refractivity contribution >= 4 is 16.7 Å². The second-order valence-corrected chi connectivity index (χ2v) is 8.74. The number of hydrogen-bond donors (Lipinski definition) is 1. The summed E-state index contributed by atoms with van der Waals surface area (Å²) < 4.78 is 0. The Morgan fingerprint density at radius 2 is 1.32 bits per heavy atom. The minimum Gasteiger partial charge on any atom is -0.382 e. The first-order chi connectivity index (χ1) is 16.8. The Hall–Kier alpha value is -3.98. The van der Waals surface area contributed by atoms with Gasteiger partial charge < -0.3 is 5.32 Å². The van der Waals surface area contributed by atoms with Crippen LogP contribution >= 0.6 is 0 Å². The second kappa shape index (κ2) is 10.8.